The zero-order valence-corrected chi connectivity index (χ0v) is 15.4. The molecule has 3 rings (SSSR count). The summed E-state index contributed by atoms with van der Waals surface area (Å²) in [7, 11) is 0. The largest absolute Gasteiger partial charge is 0.323 e. The Morgan fingerprint density at radius 2 is 2.12 bits per heavy atom. The molecule has 0 aliphatic heterocycles. The molecule has 0 aliphatic rings. The molecule has 0 bridgehead atoms. The number of amides is 1. The minimum absolute atomic E-state index is 0.177. The van der Waals surface area contributed by atoms with E-state index in [9.17, 15) is 9.18 Å². The van der Waals surface area contributed by atoms with Gasteiger partial charge in [0, 0.05) is 6.54 Å². The lowest BCUT2D eigenvalue weighted by Crippen LogP contribution is -2.23. The van der Waals surface area contributed by atoms with Crippen LogP contribution < -0.4 is 5.32 Å². The summed E-state index contributed by atoms with van der Waals surface area (Å²) in [6.07, 6.45) is 0. The minimum atomic E-state index is -0.454. The molecule has 0 fully saturated rings. The second-order valence-electron chi connectivity index (χ2n) is 5.26. The summed E-state index contributed by atoms with van der Waals surface area (Å²) >= 11 is 2.90. The first-order valence-electron chi connectivity index (χ1n) is 7.79. The van der Waals surface area contributed by atoms with E-state index in [4.69, 9.17) is 0 Å². The summed E-state index contributed by atoms with van der Waals surface area (Å²) in [5.74, 6) is 0.0601. The Morgan fingerprint density at radius 1 is 1.32 bits per heavy atom. The molecule has 1 N–H and O–H groups in total. The summed E-state index contributed by atoms with van der Waals surface area (Å²) in [6.45, 7) is 4.47. The number of nitrogens with one attached hydrogen (secondary N) is 1. The minimum Gasteiger partial charge on any atom is -0.323 e. The summed E-state index contributed by atoms with van der Waals surface area (Å²) in [4.78, 5) is 13.4. The number of anilines is 1. The molecular formula is C17H17FN4OS2. The number of carbonyl (C=O) groups is 1. The number of thioether (sulfide) groups is 1. The third-order valence-electron chi connectivity index (χ3n) is 3.56. The molecule has 0 radical (unpaired) electrons. The Morgan fingerprint density at radius 3 is 2.80 bits per heavy atom. The molecule has 2 aromatic heterocycles. The molecule has 8 heteroatoms. The molecule has 1 aromatic carbocycles. The Bertz CT molecular complexity index is 863. The van der Waals surface area contributed by atoms with Crippen molar-refractivity contribution in [2.45, 2.75) is 30.8 Å². The second-order valence-corrected chi connectivity index (χ2v) is 7.51. The molecular weight excluding hydrogens is 359 g/mol. The lowest BCUT2D eigenvalue weighted by Gasteiger charge is -2.13. The topological polar surface area (TPSA) is 59.8 Å². The van der Waals surface area contributed by atoms with E-state index < -0.39 is 11.1 Å². The molecule has 3 aromatic rings. The number of hydrogen-bond donors (Lipinski definition) is 1. The standard InChI is InChI=1S/C17H17FN4OS2/c1-3-22-15(14-9-6-10-24-14)20-21-17(22)25-11(2)16(23)19-13-8-5-4-7-12(13)18/h4-11H,3H2,1-2H3,(H,19,23)/t11-/m1/s1. The lowest BCUT2D eigenvalue weighted by atomic mass is 10.3. The van der Waals surface area contributed by atoms with Crippen molar-refractivity contribution in [1.29, 1.82) is 0 Å². The SMILES string of the molecule is CCn1c(S[C@H](C)C(=O)Nc2ccccc2F)nnc1-c1cccs1. The maximum Gasteiger partial charge on any atom is 0.237 e. The van der Waals surface area contributed by atoms with Crippen LogP contribution in [-0.4, -0.2) is 25.9 Å². The fraction of sp³-hybridized carbons (Fsp3) is 0.235. The Labute approximate surface area is 153 Å². The zero-order chi connectivity index (χ0) is 17.8. The Kier molecular flexibility index (Phi) is 5.50. The van der Waals surface area contributed by atoms with E-state index in [2.05, 4.69) is 15.5 Å². The van der Waals surface area contributed by atoms with Crippen molar-refractivity contribution in [2.24, 2.45) is 0 Å². The molecule has 130 valence electrons. The van der Waals surface area contributed by atoms with Crippen LogP contribution in [-0.2, 0) is 11.3 Å². The van der Waals surface area contributed by atoms with E-state index in [1.165, 1.54) is 23.9 Å². The van der Waals surface area contributed by atoms with Gasteiger partial charge in [-0.25, -0.2) is 4.39 Å². The molecule has 5 nitrogen and oxygen atoms in total. The molecule has 1 atom stereocenters. The van der Waals surface area contributed by atoms with E-state index in [1.54, 1.807) is 30.4 Å². The van der Waals surface area contributed by atoms with E-state index in [-0.39, 0.29) is 11.6 Å². The van der Waals surface area contributed by atoms with E-state index in [1.807, 2.05) is 29.0 Å². The highest BCUT2D eigenvalue weighted by molar-refractivity contribution is 8.00. The maximum atomic E-state index is 13.7. The fourth-order valence-corrected chi connectivity index (χ4v) is 3.89. The normalized spacial score (nSPS) is 12.1. The van der Waals surface area contributed by atoms with Gasteiger partial charge in [-0.1, -0.05) is 30.0 Å². The smallest absolute Gasteiger partial charge is 0.237 e. The van der Waals surface area contributed by atoms with E-state index in [0.29, 0.717) is 11.7 Å². The first-order valence-corrected chi connectivity index (χ1v) is 9.55. The molecule has 0 saturated heterocycles. The van der Waals surface area contributed by atoms with Gasteiger partial charge in [0.25, 0.3) is 0 Å². The summed E-state index contributed by atoms with van der Waals surface area (Å²) in [5.41, 5.74) is 0.177. The first kappa shape index (κ1) is 17.6. The van der Waals surface area contributed by atoms with Crippen LogP contribution in [0.15, 0.2) is 46.9 Å². The Hall–Kier alpha value is -2.19. The average molecular weight is 376 g/mol. The third kappa shape index (κ3) is 3.91. The number of thiophene rings is 1. The lowest BCUT2D eigenvalue weighted by molar-refractivity contribution is -0.115. The predicted molar refractivity (Wildman–Crippen MR) is 99.4 cm³/mol. The van der Waals surface area contributed by atoms with Crippen molar-refractivity contribution >= 4 is 34.7 Å². The Balaban J connectivity index is 1.74. The number of nitrogens with zero attached hydrogens (tertiary/aromatic N) is 3. The predicted octanol–water partition coefficient (Wildman–Crippen LogP) is 4.28. The average Bonchev–Trinajstić information content (AvgIpc) is 3.25. The van der Waals surface area contributed by atoms with Crippen molar-refractivity contribution in [1.82, 2.24) is 14.8 Å². The molecule has 0 spiro atoms. The first-order chi connectivity index (χ1) is 12.1. The van der Waals surface area contributed by atoms with Gasteiger partial charge in [0.1, 0.15) is 5.82 Å². The third-order valence-corrected chi connectivity index (χ3v) is 5.50. The molecule has 1 amide bonds. The molecule has 2 heterocycles. The quantitative estimate of drug-likeness (QED) is 0.652. The highest BCUT2D eigenvalue weighted by atomic mass is 32.2. The van der Waals surface area contributed by atoms with Gasteiger partial charge in [-0.15, -0.1) is 21.5 Å². The summed E-state index contributed by atoms with van der Waals surface area (Å²) in [5, 5.41) is 13.3. The van der Waals surface area contributed by atoms with Crippen LogP contribution in [0.2, 0.25) is 0 Å². The number of aromatic nitrogens is 3. The number of hydrogen-bond acceptors (Lipinski definition) is 5. The number of benzene rings is 1. The molecule has 25 heavy (non-hydrogen) atoms. The highest BCUT2D eigenvalue weighted by Crippen LogP contribution is 2.29. The van der Waals surface area contributed by atoms with Crippen LogP contribution in [0.1, 0.15) is 13.8 Å². The van der Waals surface area contributed by atoms with Crippen molar-refractivity contribution in [3.05, 3.63) is 47.6 Å². The summed E-state index contributed by atoms with van der Waals surface area (Å²) < 4.78 is 15.6. The van der Waals surface area contributed by atoms with Crippen LogP contribution in [0.4, 0.5) is 10.1 Å². The zero-order valence-electron chi connectivity index (χ0n) is 13.8. The van der Waals surface area contributed by atoms with Crippen LogP contribution in [0.5, 0.6) is 0 Å². The highest BCUT2D eigenvalue weighted by Gasteiger charge is 2.21. The van der Waals surface area contributed by atoms with Crippen LogP contribution in [0, 0.1) is 5.82 Å². The van der Waals surface area contributed by atoms with Gasteiger partial charge in [0.15, 0.2) is 11.0 Å². The van der Waals surface area contributed by atoms with Crippen molar-refractivity contribution in [3.8, 4) is 10.7 Å². The fourth-order valence-electron chi connectivity index (χ4n) is 2.26. The van der Waals surface area contributed by atoms with Gasteiger partial charge in [-0.2, -0.15) is 0 Å². The van der Waals surface area contributed by atoms with Gasteiger partial charge < -0.3 is 9.88 Å². The van der Waals surface area contributed by atoms with Gasteiger partial charge in [0.05, 0.1) is 15.8 Å². The van der Waals surface area contributed by atoms with E-state index >= 15 is 0 Å². The molecule has 0 aliphatic carbocycles. The number of rotatable bonds is 6. The van der Waals surface area contributed by atoms with Crippen LogP contribution in [0.25, 0.3) is 10.7 Å². The van der Waals surface area contributed by atoms with Crippen molar-refractivity contribution in [3.63, 3.8) is 0 Å². The van der Waals surface area contributed by atoms with Crippen LogP contribution >= 0.6 is 23.1 Å². The molecule has 0 unspecified atom stereocenters. The molecule has 0 saturated carbocycles. The van der Waals surface area contributed by atoms with Crippen molar-refractivity contribution < 1.29 is 9.18 Å². The van der Waals surface area contributed by atoms with Gasteiger partial charge in [-0.3, -0.25) is 4.79 Å². The van der Waals surface area contributed by atoms with Gasteiger partial charge >= 0.3 is 0 Å². The number of carbonyl (C=O) groups excluding carboxylic acids is 1. The second kappa shape index (κ2) is 7.79. The monoisotopic (exact) mass is 376 g/mol. The number of halogens is 1. The van der Waals surface area contributed by atoms with E-state index in [0.717, 1.165) is 10.7 Å². The number of para-hydroxylation sites is 1. The van der Waals surface area contributed by atoms with Crippen LogP contribution in [0.3, 0.4) is 0 Å². The van der Waals surface area contributed by atoms with Crippen molar-refractivity contribution in [2.75, 3.05) is 5.32 Å². The van der Waals surface area contributed by atoms with Gasteiger partial charge in [-0.05, 0) is 37.4 Å². The van der Waals surface area contributed by atoms with Gasteiger partial charge in [0.2, 0.25) is 5.91 Å². The maximum absolute atomic E-state index is 13.7. The summed E-state index contributed by atoms with van der Waals surface area (Å²) in [6, 6.07) is 10.1.